The maximum atomic E-state index is 11.8. The van der Waals surface area contributed by atoms with Crippen LogP contribution < -0.4 is 10.1 Å². The molecule has 1 aliphatic carbocycles. The maximum absolute atomic E-state index is 11.8. The first-order valence-electron chi connectivity index (χ1n) is 8.22. The molecule has 0 bridgehead atoms. The normalized spacial score (nSPS) is 21.0. The molecule has 0 saturated heterocycles. The molecule has 1 aliphatic rings. The van der Waals surface area contributed by atoms with Gasteiger partial charge in [0.25, 0.3) is 0 Å². The standard InChI is InChI=1S/C18H25BrN2O3/c1-5-6-12-8-10-15(16(19)20-12)23-14-9-7-13(11-14)21-17(22)24-18(2,3)4/h5-6,8,10,13-14H,7,9,11H2,1-4H3,(H,21,22)/b6-5+/t13-,14+/m0/s1. The number of halogens is 1. The number of alkyl carbamates (subject to hydrolysis) is 1. The average Bonchev–Trinajstić information content (AvgIpc) is 2.87. The molecule has 0 unspecified atom stereocenters. The summed E-state index contributed by atoms with van der Waals surface area (Å²) in [5, 5.41) is 2.91. The molecule has 24 heavy (non-hydrogen) atoms. The van der Waals surface area contributed by atoms with E-state index in [0.29, 0.717) is 4.60 Å². The van der Waals surface area contributed by atoms with Crippen molar-refractivity contribution in [3.63, 3.8) is 0 Å². The van der Waals surface area contributed by atoms with Gasteiger partial charge < -0.3 is 14.8 Å². The van der Waals surface area contributed by atoms with Crippen molar-refractivity contribution in [1.82, 2.24) is 10.3 Å². The molecule has 0 radical (unpaired) electrons. The largest absolute Gasteiger partial charge is 0.488 e. The monoisotopic (exact) mass is 396 g/mol. The van der Waals surface area contributed by atoms with Crippen LogP contribution in [0.4, 0.5) is 4.79 Å². The zero-order valence-electron chi connectivity index (χ0n) is 14.6. The van der Waals surface area contributed by atoms with Gasteiger partial charge in [-0.25, -0.2) is 9.78 Å². The molecule has 132 valence electrons. The van der Waals surface area contributed by atoms with E-state index in [1.165, 1.54) is 0 Å². The minimum absolute atomic E-state index is 0.0654. The van der Waals surface area contributed by atoms with Crippen LogP contribution in [-0.2, 0) is 4.74 Å². The van der Waals surface area contributed by atoms with E-state index in [2.05, 4.69) is 26.2 Å². The summed E-state index contributed by atoms with van der Waals surface area (Å²) in [5.74, 6) is 0.728. The van der Waals surface area contributed by atoms with Crippen LogP contribution in [0.2, 0.25) is 0 Å². The third kappa shape index (κ3) is 5.82. The number of hydrogen-bond acceptors (Lipinski definition) is 4. The third-order valence-corrected chi connectivity index (χ3v) is 4.14. The number of nitrogens with one attached hydrogen (secondary N) is 1. The molecule has 1 saturated carbocycles. The van der Waals surface area contributed by atoms with Crippen molar-refractivity contribution in [2.45, 2.75) is 64.7 Å². The van der Waals surface area contributed by atoms with Crippen molar-refractivity contribution in [2.75, 3.05) is 0 Å². The Morgan fingerprint density at radius 2 is 2.12 bits per heavy atom. The van der Waals surface area contributed by atoms with Gasteiger partial charge in [-0.2, -0.15) is 0 Å². The van der Waals surface area contributed by atoms with Gasteiger partial charge in [0.05, 0.1) is 5.69 Å². The molecule has 0 aromatic carbocycles. The van der Waals surface area contributed by atoms with Crippen molar-refractivity contribution < 1.29 is 14.3 Å². The lowest BCUT2D eigenvalue weighted by molar-refractivity contribution is 0.0503. The summed E-state index contributed by atoms with van der Waals surface area (Å²) in [4.78, 5) is 16.3. The zero-order chi connectivity index (χ0) is 17.7. The highest BCUT2D eigenvalue weighted by Gasteiger charge is 2.29. The zero-order valence-corrected chi connectivity index (χ0v) is 16.2. The van der Waals surface area contributed by atoms with Crippen LogP contribution in [0, 0.1) is 0 Å². The van der Waals surface area contributed by atoms with Crippen LogP contribution in [0.1, 0.15) is 52.7 Å². The molecule has 1 amide bonds. The highest BCUT2D eigenvalue weighted by molar-refractivity contribution is 9.10. The van der Waals surface area contributed by atoms with Crippen molar-refractivity contribution in [2.24, 2.45) is 0 Å². The number of amides is 1. The van der Waals surface area contributed by atoms with E-state index in [1.54, 1.807) is 0 Å². The predicted molar refractivity (Wildman–Crippen MR) is 98.1 cm³/mol. The molecule has 5 nitrogen and oxygen atoms in total. The molecule has 2 rings (SSSR count). The lowest BCUT2D eigenvalue weighted by atomic mass is 10.2. The van der Waals surface area contributed by atoms with Crippen molar-refractivity contribution >= 4 is 28.1 Å². The summed E-state index contributed by atoms with van der Waals surface area (Å²) < 4.78 is 12.0. The molecular weight excluding hydrogens is 372 g/mol. The van der Waals surface area contributed by atoms with Gasteiger partial charge >= 0.3 is 6.09 Å². The smallest absolute Gasteiger partial charge is 0.407 e. The van der Waals surface area contributed by atoms with Crippen molar-refractivity contribution in [3.8, 4) is 5.75 Å². The Balaban J connectivity index is 1.87. The number of aromatic nitrogens is 1. The van der Waals surface area contributed by atoms with E-state index < -0.39 is 5.60 Å². The van der Waals surface area contributed by atoms with Gasteiger partial charge in [0, 0.05) is 12.5 Å². The first-order chi connectivity index (χ1) is 11.3. The van der Waals surface area contributed by atoms with E-state index in [9.17, 15) is 4.79 Å². The van der Waals surface area contributed by atoms with Gasteiger partial charge in [-0.3, -0.25) is 0 Å². The van der Waals surface area contributed by atoms with Crippen LogP contribution in [0.5, 0.6) is 5.75 Å². The highest BCUT2D eigenvalue weighted by atomic mass is 79.9. The Labute approximate surface area is 152 Å². The summed E-state index contributed by atoms with van der Waals surface area (Å²) in [6.45, 7) is 7.52. The summed E-state index contributed by atoms with van der Waals surface area (Å²) in [6, 6.07) is 3.92. The van der Waals surface area contributed by atoms with Crippen molar-refractivity contribution in [1.29, 1.82) is 0 Å². The van der Waals surface area contributed by atoms with Crippen LogP contribution >= 0.6 is 15.9 Å². The maximum Gasteiger partial charge on any atom is 0.407 e. The second-order valence-corrected chi connectivity index (χ2v) is 7.67. The van der Waals surface area contributed by atoms with Crippen molar-refractivity contribution in [3.05, 3.63) is 28.5 Å². The molecule has 1 fully saturated rings. The topological polar surface area (TPSA) is 60.5 Å². The lowest BCUT2D eigenvalue weighted by Crippen LogP contribution is -2.38. The van der Waals surface area contributed by atoms with Crippen LogP contribution in [-0.4, -0.2) is 28.8 Å². The second-order valence-electron chi connectivity index (χ2n) is 6.92. The number of carbonyl (C=O) groups excluding carboxylic acids is 1. The Bertz CT molecular complexity index is 611. The Hall–Kier alpha value is -1.56. The SMILES string of the molecule is C/C=C/c1ccc(O[C@@H]2CC[C@H](NC(=O)OC(C)(C)C)C2)c(Br)n1. The van der Waals surface area contributed by atoms with Gasteiger partial charge in [0.15, 0.2) is 5.75 Å². The predicted octanol–water partition coefficient (Wildman–Crippen LogP) is 4.70. The highest BCUT2D eigenvalue weighted by Crippen LogP contribution is 2.29. The summed E-state index contributed by atoms with van der Waals surface area (Å²) in [6.07, 6.45) is 6.11. The van der Waals surface area contributed by atoms with Gasteiger partial charge in [-0.1, -0.05) is 6.08 Å². The minimum Gasteiger partial charge on any atom is -0.488 e. The molecule has 1 aromatic rings. The van der Waals surface area contributed by atoms with Gasteiger partial charge in [-0.05, 0) is 74.7 Å². The van der Waals surface area contributed by atoms with E-state index in [4.69, 9.17) is 9.47 Å². The molecular formula is C18H25BrN2O3. The average molecular weight is 397 g/mol. The Morgan fingerprint density at radius 1 is 1.38 bits per heavy atom. The Kier molecular flexibility index (Phi) is 6.27. The molecule has 1 aromatic heterocycles. The fourth-order valence-electron chi connectivity index (χ4n) is 2.62. The minimum atomic E-state index is -0.482. The summed E-state index contributed by atoms with van der Waals surface area (Å²) in [7, 11) is 0. The van der Waals surface area contributed by atoms with E-state index in [0.717, 1.165) is 30.7 Å². The number of rotatable bonds is 4. The van der Waals surface area contributed by atoms with Gasteiger partial charge in [0.2, 0.25) is 0 Å². The first kappa shape index (κ1) is 18.8. The molecule has 1 heterocycles. The third-order valence-electron chi connectivity index (χ3n) is 3.57. The second kappa shape index (κ2) is 8.01. The van der Waals surface area contributed by atoms with E-state index >= 15 is 0 Å². The number of carbonyl (C=O) groups is 1. The summed E-state index contributed by atoms with van der Waals surface area (Å²) >= 11 is 3.45. The first-order valence-corrected chi connectivity index (χ1v) is 9.01. The molecule has 0 spiro atoms. The van der Waals surface area contributed by atoms with E-state index in [1.807, 2.05) is 52.0 Å². The number of ether oxygens (including phenoxy) is 2. The number of allylic oxidation sites excluding steroid dienone is 1. The number of nitrogens with zero attached hydrogens (tertiary/aromatic N) is 1. The fourth-order valence-corrected chi connectivity index (χ4v) is 3.05. The van der Waals surface area contributed by atoms with Crippen LogP contribution in [0.3, 0.4) is 0 Å². The van der Waals surface area contributed by atoms with Gasteiger partial charge in [-0.15, -0.1) is 0 Å². The molecule has 1 N–H and O–H groups in total. The van der Waals surface area contributed by atoms with Crippen LogP contribution in [0.25, 0.3) is 6.08 Å². The van der Waals surface area contributed by atoms with Crippen LogP contribution in [0.15, 0.2) is 22.8 Å². The molecule has 6 heteroatoms. The number of pyridine rings is 1. The Morgan fingerprint density at radius 3 is 2.75 bits per heavy atom. The quantitative estimate of drug-likeness (QED) is 0.748. The van der Waals surface area contributed by atoms with E-state index in [-0.39, 0.29) is 18.2 Å². The number of hydrogen-bond donors (Lipinski definition) is 1. The fraction of sp³-hybridized carbons (Fsp3) is 0.556. The molecule has 0 aliphatic heterocycles. The molecule has 2 atom stereocenters. The summed E-state index contributed by atoms with van der Waals surface area (Å²) in [5.41, 5.74) is 0.400. The lowest BCUT2D eigenvalue weighted by Gasteiger charge is -2.21. The van der Waals surface area contributed by atoms with Gasteiger partial charge in [0.1, 0.15) is 16.3 Å².